The summed E-state index contributed by atoms with van der Waals surface area (Å²) in [5, 5.41) is 3.04. The van der Waals surface area contributed by atoms with E-state index in [4.69, 9.17) is 14.2 Å². The Morgan fingerprint density at radius 3 is 2.38 bits per heavy atom. The van der Waals surface area contributed by atoms with Crippen molar-refractivity contribution in [3.63, 3.8) is 0 Å². The molecule has 0 bridgehead atoms. The highest BCUT2D eigenvalue weighted by atomic mass is 16.5. The number of benzene rings is 2. The van der Waals surface area contributed by atoms with Crippen LogP contribution in [0.4, 0.5) is 5.69 Å². The first-order chi connectivity index (χ1) is 11.7. The molecule has 24 heavy (non-hydrogen) atoms. The van der Waals surface area contributed by atoms with E-state index in [0.717, 1.165) is 11.4 Å². The number of methoxy groups -OCH3 is 2. The minimum absolute atomic E-state index is 0.0990. The summed E-state index contributed by atoms with van der Waals surface area (Å²) >= 11 is 0. The van der Waals surface area contributed by atoms with Gasteiger partial charge in [-0.2, -0.15) is 0 Å². The van der Waals surface area contributed by atoms with Crippen LogP contribution in [0.25, 0.3) is 0 Å². The summed E-state index contributed by atoms with van der Waals surface area (Å²) in [6.07, 6.45) is 3.06. The second-order valence-corrected chi connectivity index (χ2v) is 4.87. The van der Waals surface area contributed by atoms with Crippen molar-refractivity contribution in [3.05, 3.63) is 60.3 Å². The lowest BCUT2D eigenvalue weighted by molar-refractivity contribution is 0.104. The van der Waals surface area contributed by atoms with Crippen LogP contribution in [0.1, 0.15) is 17.3 Å². The van der Waals surface area contributed by atoms with Gasteiger partial charge in [0, 0.05) is 23.9 Å². The Balaban J connectivity index is 2.01. The number of rotatable bonds is 8. The topological polar surface area (TPSA) is 56.8 Å². The van der Waals surface area contributed by atoms with E-state index in [1.807, 2.05) is 19.1 Å². The molecule has 0 spiro atoms. The molecule has 0 aliphatic carbocycles. The molecule has 5 nitrogen and oxygen atoms in total. The molecule has 1 N–H and O–H groups in total. The minimum Gasteiger partial charge on any atom is -0.497 e. The van der Waals surface area contributed by atoms with Crippen LogP contribution < -0.4 is 19.5 Å². The number of carbonyl (C=O) groups is 1. The van der Waals surface area contributed by atoms with Crippen molar-refractivity contribution in [2.75, 3.05) is 26.1 Å². The largest absolute Gasteiger partial charge is 0.497 e. The molecule has 0 unspecified atom stereocenters. The van der Waals surface area contributed by atoms with Crippen molar-refractivity contribution >= 4 is 11.5 Å². The smallest absolute Gasteiger partial charge is 0.187 e. The van der Waals surface area contributed by atoms with Gasteiger partial charge in [0.2, 0.25) is 0 Å². The first-order valence-corrected chi connectivity index (χ1v) is 7.60. The maximum absolute atomic E-state index is 12.1. The number of carbonyl (C=O) groups excluding carboxylic acids is 1. The molecule has 2 aromatic rings. The van der Waals surface area contributed by atoms with Crippen molar-refractivity contribution < 1.29 is 19.0 Å². The van der Waals surface area contributed by atoms with E-state index in [-0.39, 0.29) is 5.78 Å². The van der Waals surface area contributed by atoms with Crippen LogP contribution in [-0.4, -0.2) is 26.6 Å². The van der Waals surface area contributed by atoms with Crippen LogP contribution in [0, 0.1) is 0 Å². The van der Waals surface area contributed by atoms with Gasteiger partial charge >= 0.3 is 0 Å². The summed E-state index contributed by atoms with van der Waals surface area (Å²) in [5.74, 6) is 1.98. The highest BCUT2D eigenvalue weighted by Crippen LogP contribution is 2.28. The zero-order chi connectivity index (χ0) is 17.4. The van der Waals surface area contributed by atoms with Gasteiger partial charge in [0.25, 0.3) is 0 Å². The van der Waals surface area contributed by atoms with Gasteiger partial charge in [-0.05, 0) is 43.3 Å². The molecule has 2 rings (SSSR count). The van der Waals surface area contributed by atoms with Crippen LogP contribution in [0.5, 0.6) is 17.2 Å². The van der Waals surface area contributed by atoms with Crippen molar-refractivity contribution in [2.45, 2.75) is 6.92 Å². The van der Waals surface area contributed by atoms with Crippen molar-refractivity contribution in [3.8, 4) is 17.2 Å². The van der Waals surface area contributed by atoms with Gasteiger partial charge in [-0.25, -0.2) is 0 Å². The quantitative estimate of drug-likeness (QED) is 0.588. The number of allylic oxidation sites excluding steroid dienone is 1. The van der Waals surface area contributed by atoms with Gasteiger partial charge in [-0.1, -0.05) is 0 Å². The fraction of sp³-hybridized carbons (Fsp3) is 0.211. The molecule has 126 valence electrons. The van der Waals surface area contributed by atoms with Crippen LogP contribution in [-0.2, 0) is 0 Å². The summed E-state index contributed by atoms with van der Waals surface area (Å²) in [5.41, 5.74) is 1.34. The third-order valence-electron chi connectivity index (χ3n) is 3.33. The second kappa shape index (κ2) is 8.62. The summed E-state index contributed by atoms with van der Waals surface area (Å²) in [6.45, 7) is 2.52. The highest BCUT2D eigenvalue weighted by molar-refractivity contribution is 6.04. The SMILES string of the molecule is CCOc1ccc(C(=O)C=CNc2ccc(OC)cc2OC)cc1. The number of ketones is 1. The molecule has 0 aromatic heterocycles. The Labute approximate surface area is 141 Å². The van der Waals surface area contributed by atoms with E-state index in [1.165, 1.54) is 6.08 Å². The normalized spacial score (nSPS) is 10.5. The number of anilines is 1. The predicted molar refractivity (Wildman–Crippen MR) is 94.3 cm³/mol. The summed E-state index contributed by atoms with van der Waals surface area (Å²) in [7, 11) is 3.17. The van der Waals surface area contributed by atoms with Gasteiger partial charge < -0.3 is 19.5 Å². The van der Waals surface area contributed by atoms with Crippen molar-refractivity contribution in [2.24, 2.45) is 0 Å². The zero-order valence-electron chi connectivity index (χ0n) is 14.0. The van der Waals surface area contributed by atoms with Gasteiger partial charge in [-0.3, -0.25) is 4.79 Å². The monoisotopic (exact) mass is 327 g/mol. The Bertz CT molecular complexity index is 708. The standard InChI is InChI=1S/C19H21NO4/c1-4-24-15-7-5-14(6-8-15)18(21)11-12-20-17-10-9-16(22-2)13-19(17)23-3/h5-13,20H,4H2,1-3H3. The first-order valence-electron chi connectivity index (χ1n) is 7.60. The Morgan fingerprint density at radius 2 is 1.75 bits per heavy atom. The maximum atomic E-state index is 12.1. The average molecular weight is 327 g/mol. The van der Waals surface area contributed by atoms with Crippen molar-refractivity contribution in [1.29, 1.82) is 0 Å². The molecular weight excluding hydrogens is 306 g/mol. The fourth-order valence-corrected chi connectivity index (χ4v) is 2.10. The fourth-order valence-electron chi connectivity index (χ4n) is 2.10. The lowest BCUT2D eigenvalue weighted by Gasteiger charge is -2.09. The molecule has 0 aliphatic rings. The summed E-state index contributed by atoms with van der Waals surface area (Å²) in [4.78, 5) is 12.1. The molecule has 0 atom stereocenters. The van der Waals surface area contributed by atoms with Crippen molar-refractivity contribution in [1.82, 2.24) is 0 Å². The number of ether oxygens (including phenoxy) is 3. The molecule has 0 radical (unpaired) electrons. The predicted octanol–water partition coefficient (Wildman–Crippen LogP) is 3.91. The van der Waals surface area contributed by atoms with Crippen LogP contribution >= 0.6 is 0 Å². The molecular formula is C19H21NO4. The Morgan fingerprint density at radius 1 is 1.04 bits per heavy atom. The molecule has 0 aliphatic heterocycles. The number of hydrogen-bond acceptors (Lipinski definition) is 5. The van der Waals surface area contributed by atoms with Crippen LogP contribution in [0.3, 0.4) is 0 Å². The lowest BCUT2D eigenvalue weighted by Crippen LogP contribution is -1.98. The third kappa shape index (κ3) is 4.52. The van der Waals surface area contributed by atoms with E-state index < -0.39 is 0 Å². The van der Waals surface area contributed by atoms with Gasteiger partial charge in [0.1, 0.15) is 17.2 Å². The van der Waals surface area contributed by atoms with Crippen LogP contribution in [0.15, 0.2) is 54.7 Å². The van der Waals surface area contributed by atoms with E-state index >= 15 is 0 Å². The highest BCUT2D eigenvalue weighted by Gasteiger charge is 2.04. The van der Waals surface area contributed by atoms with Gasteiger partial charge in [-0.15, -0.1) is 0 Å². The van der Waals surface area contributed by atoms with E-state index in [9.17, 15) is 4.79 Å². The first kappa shape index (κ1) is 17.4. The van der Waals surface area contributed by atoms with Gasteiger partial charge in [0.15, 0.2) is 5.78 Å². The number of hydrogen-bond donors (Lipinski definition) is 1. The Kier molecular flexibility index (Phi) is 6.25. The molecule has 0 heterocycles. The van der Waals surface area contributed by atoms with E-state index in [1.54, 1.807) is 50.8 Å². The third-order valence-corrected chi connectivity index (χ3v) is 3.33. The molecule has 2 aromatic carbocycles. The van der Waals surface area contributed by atoms with E-state index in [2.05, 4.69) is 5.32 Å². The molecule has 5 heteroatoms. The van der Waals surface area contributed by atoms with Crippen LogP contribution in [0.2, 0.25) is 0 Å². The van der Waals surface area contributed by atoms with Gasteiger partial charge in [0.05, 0.1) is 26.5 Å². The zero-order valence-corrected chi connectivity index (χ0v) is 14.0. The molecule has 0 saturated heterocycles. The Hall–Kier alpha value is -2.95. The average Bonchev–Trinajstić information content (AvgIpc) is 2.62. The molecule has 0 fully saturated rings. The second-order valence-electron chi connectivity index (χ2n) is 4.87. The molecule has 0 saturated carbocycles. The van der Waals surface area contributed by atoms with E-state index in [0.29, 0.717) is 23.7 Å². The lowest BCUT2D eigenvalue weighted by atomic mass is 10.1. The molecule has 0 amide bonds. The minimum atomic E-state index is -0.0990. The maximum Gasteiger partial charge on any atom is 0.187 e. The number of nitrogens with one attached hydrogen (secondary N) is 1. The summed E-state index contributed by atoms with van der Waals surface area (Å²) in [6, 6.07) is 12.5. The summed E-state index contributed by atoms with van der Waals surface area (Å²) < 4.78 is 15.8.